The lowest BCUT2D eigenvalue weighted by Crippen LogP contribution is -2.47. The predicted molar refractivity (Wildman–Crippen MR) is 221 cm³/mol. The summed E-state index contributed by atoms with van der Waals surface area (Å²) in [6.07, 6.45) is 9.89. The summed E-state index contributed by atoms with van der Waals surface area (Å²) in [4.78, 5) is 72.1. The zero-order chi connectivity index (χ0) is 38.1. The van der Waals surface area contributed by atoms with Crippen molar-refractivity contribution in [1.29, 1.82) is 0 Å². The molecule has 0 radical (unpaired) electrons. The van der Waals surface area contributed by atoms with Gasteiger partial charge in [-0.25, -0.2) is 0 Å². The van der Waals surface area contributed by atoms with E-state index in [1.54, 1.807) is 30.3 Å². The summed E-state index contributed by atoms with van der Waals surface area (Å²) in [6, 6.07) is 22.1. The second-order valence-corrected chi connectivity index (χ2v) is 15.5. The highest BCUT2D eigenvalue weighted by Crippen LogP contribution is 2.50. The summed E-state index contributed by atoms with van der Waals surface area (Å²) in [5, 5.41) is 8.77. The molecule has 1 aromatic heterocycles. The van der Waals surface area contributed by atoms with Crippen LogP contribution >= 0.6 is 0 Å². The number of nitrogens with zero attached hydrogens (tertiary/aromatic N) is 2. The smallest absolute Gasteiger partial charge is 0.262 e. The number of imide groups is 1. The zero-order valence-corrected chi connectivity index (χ0v) is 31.3. The monoisotopic (exact) mass is 729 g/mol. The third-order valence-electron chi connectivity index (χ3n) is 12.2. The van der Waals surface area contributed by atoms with Crippen molar-refractivity contribution in [2.24, 2.45) is 5.73 Å². The number of carbonyl (C=O) groups is 3. The van der Waals surface area contributed by atoms with E-state index in [-0.39, 0.29) is 29.8 Å². The molecular formula is C47H43N3O5. The number of carbonyl (C=O) groups excluding carboxylic acids is 3. The maximum atomic E-state index is 15.0. The Kier molecular flexibility index (Phi) is 8.52. The van der Waals surface area contributed by atoms with Crippen LogP contribution in [0.25, 0.3) is 64.6 Å². The minimum Gasteiger partial charge on any atom is -0.366 e. The van der Waals surface area contributed by atoms with Gasteiger partial charge in [0.15, 0.2) is 0 Å². The van der Waals surface area contributed by atoms with Crippen molar-refractivity contribution in [1.82, 2.24) is 9.47 Å². The fourth-order valence-electron chi connectivity index (χ4n) is 9.54. The van der Waals surface area contributed by atoms with Crippen molar-refractivity contribution in [2.75, 3.05) is 0 Å². The van der Waals surface area contributed by atoms with Gasteiger partial charge in [0, 0.05) is 28.1 Å². The Morgan fingerprint density at radius 3 is 1.85 bits per heavy atom. The van der Waals surface area contributed by atoms with E-state index in [0.717, 1.165) is 102 Å². The molecule has 8 heteroatoms. The van der Waals surface area contributed by atoms with Crippen LogP contribution in [0.3, 0.4) is 0 Å². The molecule has 0 spiro atoms. The Bertz CT molecular complexity index is 2930. The van der Waals surface area contributed by atoms with Gasteiger partial charge in [0.1, 0.15) is 0 Å². The first kappa shape index (κ1) is 34.9. The maximum absolute atomic E-state index is 15.0. The predicted octanol–water partition coefficient (Wildman–Crippen LogP) is 9.49. The van der Waals surface area contributed by atoms with Gasteiger partial charge in [-0.3, -0.25) is 33.4 Å². The Hall–Kier alpha value is -5.89. The number of hydrogen-bond acceptors (Lipinski definition) is 5. The molecule has 7 aromatic carbocycles. The van der Waals surface area contributed by atoms with Gasteiger partial charge in [0.05, 0.1) is 17.3 Å². The molecule has 8 aromatic rings. The molecule has 0 saturated heterocycles. The molecular weight excluding hydrogens is 687 g/mol. The van der Waals surface area contributed by atoms with E-state index >= 15 is 0 Å². The van der Waals surface area contributed by atoms with Crippen molar-refractivity contribution in [3.8, 4) is 0 Å². The highest BCUT2D eigenvalue weighted by molar-refractivity contribution is 6.47. The SMILES string of the molecule is CCCCCCC(CCCCCC)N1C(=O)c2ccc3c4cccc5ccc6c7c(=O)n(Cc8ccc(C(N)=O)cc8)c(=O)c7c7cc(c2c3c7c6c54)C1=O. The topological polar surface area (TPSA) is 120 Å². The quantitative estimate of drug-likeness (QED) is 0.0518. The van der Waals surface area contributed by atoms with Crippen molar-refractivity contribution >= 4 is 82.4 Å². The fourth-order valence-corrected chi connectivity index (χ4v) is 9.54. The third kappa shape index (κ3) is 5.21. The van der Waals surface area contributed by atoms with Gasteiger partial charge in [-0.2, -0.15) is 0 Å². The highest BCUT2D eigenvalue weighted by atomic mass is 16.2. The average molecular weight is 730 g/mol. The summed E-state index contributed by atoms with van der Waals surface area (Å²) in [5.74, 6) is -1.15. The van der Waals surface area contributed by atoms with Crippen LogP contribution in [0.15, 0.2) is 82.4 Å². The van der Waals surface area contributed by atoms with Crippen LogP contribution in [0.5, 0.6) is 0 Å². The molecule has 8 nitrogen and oxygen atoms in total. The number of aromatic nitrogens is 1. The summed E-state index contributed by atoms with van der Waals surface area (Å²) in [6.45, 7) is 4.35. The second-order valence-electron chi connectivity index (χ2n) is 15.5. The summed E-state index contributed by atoms with van der Waals surface area (Å²) < 4.78 is 1.25. The lowest BCUT2D eigenvalue weighted by molar-refractivity contribution is 0.0517. The van der Waals surface area contributed by atoms with Gasteiger partial charge >= 0.3 is 0 Å². The first-order valence-electron chi connectivity index (χ1n) is 19.8. The van der Waals surface area contributed by atoms with Crippen LogP contribution < -0.4 is 16.9 Å². The molecule has 55 heavy (non-hydrogen) atoms. The van der Waals surface area contributed by atoms with E-state index in [2.05, 4.69) is 19.9 Å². The van der Waals surface area contributed by atoms with E-state index in [4.69, 9.17) is 5.73 Å². The lowest BCUT2D eigenvalue weighted by atomic mass is 9.80. The summed E-state index contributed by atoms with van der Waals surface area (Å²) >= 11 is 0. The molecule has 0 fully saturated rings. The van der Waals surface area contributed by atoms with Crippen LogP contribution in [0.4, 0.5) is 0 Å². The zero-order valence-electron chi connectivity index (χ0n) is 31.3. The van der Waals surface area contributed by atoms with Gasteiger partial charge in [-0.05, 0) is 91.1 Å². The number of fused-ring (bicyclic) bond motifs is 4. The number of nitrogens with two attached hydrogens (primary N) is 1. The van der Waals surface area contributed by atoms with E-state index < -0.39 is 17.0 Å². The van der Waals surface area contributed by atoms with Gasteiger partial charge in [-0.15, -0.1) is 0 Å². The normalized spacial score (nSPS) is 13.5. The Morgan fingerprint density at radius 2 is 1.18 bits per heavy atom. The molecule has 0 aliphatic carbocycles. The Balaban J connectivity index is 1.32. The molecule has 0 atom stereocenters. The number of rotatable bonds is 14. The minimum absolute atomic E-state index is 0.00198. The molecule has 0 unspecified atom stereocenters. The third-order valence-corrected chi connectivity index (χ3v) is 12.2. The van der Waals surface area contributed by atoms with Gasteiger partial charge in [-0.1, -0.05) is 114 Å². The minimum atomic E-state index is -0.560. The molecule has 2 N–H and O–H groups in total. The lowest BCUT2D eigenvalue weighted by Gasteiger charge is -2.35. The standard InChI is InChI=1S/C47H43N3O5/c1-3-5-7-9-13-29(14-10-8-6-4-2)50-44(52)33-23-22-31-30-15-11-12-27-20-21-32-39(36(27)30)40-34(24-35(45(50)53)37(33)38(31)40)42-41(32)46(54)49(47(42)55)25-26-16-18-28(19-17-26)43(48)51/h11-12,15-24,29H,3-10,13-14,25H2,1-2H3,(H2,48,51). The molecule has 1 aliphatic heterocycles. The Labute approximate surface area is 317 Å². The van der Waals surface area contributed by atoms with Crippen molar-refractivity contribution < 1.29 is 14.4 Å². The average Bonchev–Trinajstić information content (AvgIpc) is 3.44. The molecule has 276 valence electrons. The Morgan fingerprint density at radius 1 is 0.582 bits per heavy atom. The van der Waals surface area contributed by atoms with E-state index in [1.807, 2.05) is 36.4 Å². The number of unbranched alkanes of at least 4 members (excludes halogenated alkanes) is 6. The van der Waals surface area contributed by atoms with Gasteiger partial charge < -0.3 is 5.73 Å². The van der Waals surface area contributed by atoms with Gasteiger partial charge in [0.25, 0.3) is 22.9 Å². The first-order chi connectivity index (χ1) is 26.7. The van der Waals surface area contributed by atoms with Crippen molar-refractivity contribution in [2.45, 2.75) is 90.6 Å². The number of hydrogen-bond donors (Lipinski definition) is 1. The van der Waals surface area contributed by atoms with Crippen molar-refractivity contribution in [3.05, 3.63) is 116 Å². The number of primary amides is 1. The van der Waals surface area contributed by atoms with Gasteiger partial charge in [0.2, 0.25) is 5.91 Å². The van der Waals surface area contributed by atoms with E-state index in [0.29, 0.717) is 43.8 Å². The molecule has 9 rings (SSSR count). The van der Waals surface area contributed by atoms with Crippen LogP contribution in [0.1, 0.15) is 115 Å². The maximum Gasteiger partial charge on any atom is 0.262 e. The molecule has 3 amide bonds. The largest absolute Gasteiger partial charge is 0.366 e. The molecule has 0 bridgehead atoms. The van der Waals surface area contributed by atoms with Crippen LogP contribution in [0, 0.1) is 0 Å². The van der Waals surface area contributed by atoms with Crippen LogP contribution in [-0.2, 0) is 6.54 Å². The summed E-state index contributed by atoms with van der Waals surface area (Å²) in [7, 11) is 0. The van der Waals surface area contributed by atoms with E-state index in [9.17, 15) is 24.0 Å². The summed E-state index contributed by atoms with van der Waals surface area (Å²) in [5.41, 5.74) is 6.52. The number of amides is 3. The molecule has 2 heterocycles. The molecule has 1 aliphatic rings. The van der Waals surface area contributed by atoms with Crippen LogP contribution in [-0.4, -0.2) is 33.2 Å². The van der Waals surface area contributed by atoms with E-state index in [1.165, 1.54) is 9.47 Å². The first-order valence-corrected chi connectivity index (χ1v) is 19.8. The molecule has 0 saturated carbocycles. The second kappa shape index (κ2) is 13.4. The fraction of sp³-hybridized carbons (Fsp3) is 0.298. The highest BCUT2D eigenvalue weighted by Gasteiger charge is 2.39. The van der Waals surface area contributed by atoms with Crippen molar-refractivity contribution in [3.63, 3.8) is 0 Å². The number of benzene rings is 7. The van der Waals surface area contributed by atoms with Crippen LogP contribution in [0.2, 0.25) is 0 Å².